The Morgan fingerprint density at radius 3 is 2.91 bits per heavy atom. The molecule has 1 amide bonds. The van der Waals surface area contributed by atoms with Crippen molar-refractivity contribution in [2.75, 3.05) is 37.8 Å². The lowest BCUT2D eigenvalue weighted by Crippen LogP contribution is -2.37. The number of aromatic nitrogens is 2. The molecule has 4 rings (SSSR count). The van der Waals surface area contributed by atoms with E-state index in [1.54, 1.807) is 12.3 Å². The van der Waals surface area contributed by atoms with E-state index in [2.05, 4.69) is 20.2 Å². The number of ether oxygens (including phenoxy) is 2. The Morgan fingerprint density at radius 2 is 2.06 bits per heavy atom. The third-order valence-corrected chi connectivity index (χ3v) is 5.21. The molecule has 0 saturated carbocycles. The van der Waals surface area contributed by atoms with E-state index in [4.69, 9.17) is 9.47 Å². The number of nitrogens with zero attached hydrogens (tertiary/aromatic N) is 3. The maximum atomic E-state index is 12.6. The molecule has 0 bridgehead atoms. The summed E-state index contributed by atoms with van der Waals surface area (Å²) >= 11 is 0. The zero-order valence-corrected chi connectivity index (χ0v) is 18.3. The van der Waals surface area contributed by atoms with E-state index in [1.807, 2.05) is 49.4 Å². The van der Waals surface area contributed by atoms with Crippen LogP contribution in [0.5, 0.6) is 5.88 Å². The molecule has 3 heterocycles. The molecule has 32 heavy (non-hydrogen) atoms. The van der Waals surface area contributed by atoms with Crippen molar-refractivity contribution in [2.45, 2.75) is 19.9 Å². The van der Waals surface area contributed by atoms with Gasteiger partial charge in [0.2, 0.25) is 11.8 Å². The molecule has 0 atom stereocenters. The number of hydrogen-bond acceptors (Lipinski definition) is 6. The number of benzene rings is 1. The maximum absolute atomic E-state index is 12.6. The summed E-state index contributed by atoms with van der Waals surface area (Å²) in [5.74, 6) is 1.25. The predicted molar refractivity (Wildman–Crippen MR) is 126 cm³/mol. The number of carbonyl (C=O) groups is 1. The highest BCUT2D eigenvalue weighted by molar-refractivity contribution is 5.93. The van der Waals surface area contributed by atoms with Gasteiger partial charge < -0.3 is 19.7 Å². The summed E-state index contributed by atoms with van der Waals surface area (Å²) in [4.78, 5) is 23.9. The van der Waals surface area contributed by atoms with Gasteiger partial charge in [-0.25, -0.2) is 9.97 Å². The second-order valence-corrected chi connectivity index (χ2v) is 7.56. The zero-order chi connectivity index (χ0) is 22.2. The third kappa shape index (κ3) is 5.42. The molecule has 1 aromatic carbocycles. The molecule has 166 valence electrons. The van der Waals surface area contributed by atoms with Crippen molar-refractivity contribution in [3.05, 3.63) is 65.9 Å². The van der Waals surface area contributed by atoms with Crippen LogP contribution in [-0.4, -0.2) is 48.8 Å². The summed E-state index contributed by atoms with van der Waals surface area (Å²) in [6, 6.07) is 13.7. The van der Waals surface area contributed by atoms with Gasteiger partial charge >= 0.3 is 0 Å². The molecule has 3 aromatic rings. The van der Waals surface area contributed by atoms with Crippen LogP contribution in [0.4, 0.5) is 5.82 Å². The van der Waals surface area contributed by atoms with Crippen molar-refractivity contribution in [2.24, 2.45) is 0 Å². The van der Waals surface area contributed by atoms with Crippen molar-refractivity contribution in [3.8, 4) is 5.88 Å². The number of anilines is 1. The highest BCUT2D eigenvalue weighted by Crippen LogP contribution is 2.24. The van der Waals surface area contributed by atoms with E-state index in [0.717, 1.165) is 47.4 Å². The van der Waals surface area contributed by atoms with E-state index >= 15 is 0 Å². The highest BCUT2D eigenvalue weighted by Gasteiger charge is 2.16. The van der Waals surface area contributed by atoms with Crippen LogP contribution in [0.25, 0.3) is 17.0 Å². The summed E-state index contributed by atoms with van der Waals surface area (Å²) in [5, 5.41) is 3.97. The molecule has 0 radical (unpaired) electrons. The number of morpholine rings is 1. The number of hydrogen-bond donors (Lipinski definition) is 1. The first kappa shape index (κ1) is 21.8. The lowest BCUT2D eigenvalue weighted by atomic mass is 10.1. The van der Waals surface area contributed by atoms with Crippen molar-refractivity contribution < 1.29 is 14.3 Å². The van der Waals surface area contributed by atoms with E-state index in [0.29, 0.717) is 32.2 Å². The average molecular weight is 433 g/mol. The topological polar surface area (TPSA) is 76.6 Å². The Balaban J connectivity index is 1.45. The number of rotatable bonds is 8. The summed E-state index contributed by atoms with van der Waals surface area (Å²) in [5.41, 5.74) is 2.63. The largest absolute Gasteiger partial charge is 0.477 e. The highest BCUT2D eigenvalue weighted by atomic mass is 16.5. The fourth-order valence-corrected chi connectivity index (χ4v) is 3.58. The van der Waals surface area contributed by atoms with Gasteiger partial charge in [0.05, 0.1) is 25.3 Å². The van der Waals surface area contributed by atoms with Crippen LogP contribution in [0.2, 0.25) is 0 Å². The Hall–Kier alpha value is -3.45. The molecule has 1 aliphatic rings. The zero-order valence-electron chi connectivity index (χ0n) is 18.3. The Bertz CT molecular complexity index is 1090. The second-order valence-electron chi connectivity index (χ2n) is 7.56. The molecular formula is C25H28N4O3. The van der Waals surface area contributed by atoms with Crippen molar-refractivity contribution in [1.29, 1.82) is 0 Å². The number of para-hydroxylation sites is 1. The van der Waals surface area contributed by atoms with Gasteiger partial charge in [0.25, 0.3) is 0 Å². The second kappa shape index (κ2) is 10.7. The van der Waals surface area contributed by atoms with Crippen molar-refractivity contribution in [3.63, 3.8) is 0 Å². The van der Waals surface area contributed by atoms with Gasteiger partial charge in [-0.05, 0) is 30.7 Å². The molecule has 0 unspecified atom stereocenters. The molecule has 1 N–H and O–H groups in total. The minimum Gasteiger partial charge on any atom is -0.477 e. The molecular weight excluding hydrogens is 404 g/mol. The fourth-order valence-electron chi connectivity index (χ4n) is 3.58. The summed E-state index contributed by atoms with van der Waals surface area (Å²) < 4.78 is 11.3. The van der Waals surface area contributed by atoms with Crippen molar-refractivity contribution >= 4 is 28.7 Å². The third-order valence-electron chi connectivity index (χ3n) is 5.21. The number of carbonyl (C=O) groups excluding carboxylic acids is 1. The van der Waals surface area contributed by atoms with Gasteiger partial charge in [0.15, 0.2) is 0 Å². The van der Waals surface area contributed by atoms with E-state index in [-0.39, 0.29) is 5.91 Å². The first-order valence-corrected chi connectivity index (χ1v) is 11.0. The number of amides is 1. The normalized spacial score (nSPS) is 14.1. The fraction of sp³-hybridized carbons (Fsp3) is 0.320. The first-order valence-electron chi connectivity index (χ1n) is 11.0. The number of pyridine rings is 2. The molecule has 0 spiro atoms. The minimum atomic E-state index is -0.184. The van der Waals surface area contributed by atoms with Gasteiger partial charge in [-0.15, -0.1) is 0 Å². The Labute approximate surface area is 188 Å². The predicted octanol–water partition coefficient (Wildman–Crippen LogP) is 3.58. The van der Waals surface area contributed by atoms with Crippen LogP contribution in [0.15, 0.2) is 54.7 Å². The van der Waals surface area contributed by atoms with Gasteiger partial charge in [-0.1, -0.05) is 31.2 Å². The quantitative estimate of drug-likeness (QED) is 0.549. The lowest BCUT2D eigenvalue weighted by Gasteiger charge is -2.29. The molecule has 2 aromatic heterocycles. The van der Waals surface area contributed by atoms with Gasteiger partial charge in [0.1, 0.15) is 5.82 Å². The summed E-state index contributed by atoms with van der Waals surface area (Å²) in [6.45, 7) is 6.00. The Kier molecular flexibility index (Phi) is 7.30. The lowest BCUT2D eigenvalue weighted by molar-refractivity contribution is -0.116. The van der Waals surface area contributed by atoms with Crippen LogP contribution in [0.1, 0.15) is 24.5 Å². The average Bonchev–Trinajstić information content (AvgIpc) is 2.85. The van der Waals surface area contributed by atoms with Gasteiger partial charge in [-0.2, -0.15) is 0 Å². The van der Waals surface area contributed by atoms with Crippen LogP contribution in [0, 0.1) is 0 Å². The number of nitrogens with one attached hydrogen (secondary N) is 1. The molecule has 7 heteroatoms. The van der Waals surface area contributed by atoms with E-state index in [9.17, 15) is 4.79 Å². The minimum absolute atomic E-state index is 0.184. The smallest absolute Gasteiger partial charge is 0.244 e. The van der Waals surface area contributed by atoms with Crippen LogP contribution < -0.4 is 15.0 Å². The molecule has 0 aliphatic carbocycles. The van der Waals surface area contributed by atoms with Crippen LogP contribution in [0.3, 0.4) is 0 Å². The number of fused-ring (bicyclic) bond motifs is 1. The monoisotopic (exact) mass is 432 g/mol. The molecule has 1 fully saturated rings. The maximum Gasteiger partial charge on any atom is 0.244 e. The summed E-state index contributed by atoms with van der Waals surface area (Å²) in [6.07, 6.45) is 5.94. The van der Waals surface area contributed by atoms with Gasteiger partial charge in [-0.3, -0.25) is 4.79 Å². The molecule has 1 saturated heterocycles. The first-order chi connectivity index (χ1) is 15.7. The summed E-state index contributed by atoms with van der Waals surface area (Å²) in [7, 11) is 0. The molecule has 7 nitrogen and oxygen atoms in total. The SMILES string of the molecule is CCCOc1nc2ccccc2cc1/C=C/C(=O)NCc1cccnc1N1CCOCC1. The van der Waals surface area contributed by atoms with Crippen molar-refractivity contribution in [1.82, 2.24) is 15.3 Å². The van der Waals surface area contributed by atoms with Crippen LogP contribution >= 0.6 is 0 Å². The van der Waals surface area contributed by atoms with E-state index in [1.165, 1.54) is 6.08 Å². The standard InChI is InChI=1S/C25H28N4O3/c1-2-14-32-25-20(17-19-6-3-4-8-22(19)28-25)9-10-23(30)27-18-21-7-5-11-26-24(21)29-12-15-31-16-13-29/h3-11,17H,2,12-16,18H2,1H3,(H,27,30)/b10-9+. The molecule has 1 aliphatic heterocycles. The van der Waals surface area contributed by atoms with Crippen LogP contribution in [-0.2, 0) is 16.1 Å². The Morgan fingerprint density at radius 1 is 1.22 bits per heavy atom. The van der Waals surface area contributed by atoms with E-state index < -0.39 is 0 Å². The van der Waals surface area contributed by atoms with Gasteiger partial charge in [0, 0.05) is 48.4 Å².